The van der Waals surface area contributed by atoms with E-state index in [0.717, 1.165) is 51.4 Å². The zero-order valence-electron chi connectivity index (χ0n) is 15.6. The average Bonchev–Trinajstić information content (AvgIpc) is 3.22. The molecule has 1 saturated heterocycles. The Labute approximate surface area is 151 Å². The van der Waals surface area contributed by atoms with E-state index >= 15 is 0 Å². The summed E-state index contributed by atoms with van der Waals surface area (Å²) in [6, 6.07) is 0. The van der Waals surface area contributed by atoms with Gasteiger partial charge in [-0.05, 0) is 12.8 Å². The summed E-state index contributed by atoms with van der Waals surface area (Å²) in [4.78, 5) is 24.9. The van der Waals surface area contributed by atoms with Crippen molar-refractivity contribution in [2.24, 2.45) is 11.8 Å². The Kier molecular flexibility index (Phi) is 8.45. The normalized spacial score (nSPS) is 26.8. The van der Waals surface area contributed by atoms with Crippen LogP contribution in [0, 0.1) is 11.8 Å². The van der Waals surface area contributed by atoms with Crippen molar-refractivity contribution in [2.45, 2.75) is 77.4 Å². The molecule has 2 rings (SSSR count). The van der Waals surface area contributed by atoms with Crippen molar-refractivity contribution >= 4 is 11.9 Å². The molecule has 0 aromatic rings. The quantitative estimate of drug-likeness (QED) is 0.304. The number of carbonyl (C=O) groups excluding carboxylic acids is 2. The number of carbonyl (C=O) groups is 2. The first-order valence-corrected chi connectivity index (χ1v) is 9.86. The van der Waals surface area contributed by atoms with Crippen molar-refractivity contribution in [1.29, 1.82) is 0 Å². The molecule has 0 aromatic carbocycles. The van der Waals surface area contributed by atoms with E-state index in [9.17, 15) is 9.59 Å². The molecule has 5 heteroatoms. The summed E-state index contributed by atoms with van der Waals surface area (Å²) in [5.41, 5.74) is 0. The highest BCUT2D eigenvalue weighted by atomic mass is 16.6. The lowest BCUT2D eigenvalue weighted by Gasteiger charge is -2.22. The lowest BCUT2D eigenvalue weighted by atomic mass is 9.83. The summed E-state index contributed by atoms with van der Waals surface area (Å²) in [6.45, 7) is 5.11. The molecule has 2 aliphatic heterocycles. The fourth-order valence-electron chi connectivity index (χ4n) is 3.47. The number of unbranched alkanes of at least 4 members (excludes halogenated alkanes) is 6. The van der Waals surface area contributed by atoms with Gasteiger partial charge >= 0.3 is 11.9 Å². The molecule has 0 N–H and O–H groups in total. The highest BCUT2D eigenvalue weighted by Crippen LogP contribution is 2.40. The molecule has 142 valence electrons. The predicted octanol–water partition coefficient (Wildman–Crippen LogP) is 3.80. The molecule has 0 aliphatic carbocycles. The number of ether oxygens (including phenoxy) is 3. The Balaban J connectivity index is 1.80. The van der Waals surface area contributed by atoms with Gasteiger partial charge in [0.1, 0.15) is 11.8 Å². The summed E-state index contributed by atoms with van der Waals surface area (Å²) < 4.78 is 16.5. The summed E-state index contributed by atoms with van der Waals surface area (Å²) >= 11 is 0. The van der Waals surface area contributed by atoms with Crippen LogP contribution in [0.5, 0.6) is 0 Å². The molecule has 0 spiro atoms. The molecular weight excluding hydrogens is 320 g/mol. The molecule has 0 radical (unpaired) electrons. The fraction of sp³-hybridized carbons (Fsp3) is 0.800. The molecule has 2 aliphatic rings. The van der Waals surface area contributed by atoms with Crippen LogP contribution in [0.15, 0.2) is 12.2 Å². The third kappa shape index (κ3) is 5.56. The van der Waals surface area contributed by atoms with E-state index in [0.29, 0.717) is 13.2 Å². The summed E-state index contributed by atoms with van der Waals surface area (Å²) in [5, 5.41) is 0. The van der Waals surface area contributed by atoms with Gasteiger partial charge in [0, 0.05) is 0 Å². The molecule has 2 unspecified atom stereocenters. The van der Waals surface area contributed by atoms with Crippen LogP contribution in [0.2, 0.25) is 0 Å². The van der Waals surface area contributed by atoms with Gasteiger partial charge in [-0.2, -0.15) is 0 Å². The van der Waals surface area contributed by atoms with Crippen LogP contribution >= 0.6 is 0 Å². The maximum absolute atomic E-state index is 12.5. The zero-order chi connectivity index (χ0) is 18.1. The van der Waals surface area contributed by atoms with Crippen molar-refractivity contribution in [3.8, 4) is 0 Å². The van der Waals surface area contributed by atoms with E-state index in [1.54, 1.807) is 0 Å². The topological polar surface area (TPSA) is 61.8 Å². The third-order valence-corrected chi connectivity index (χ3v) is 4.93. The highest BCUT2D eigenvalue weighted by Gasteiger charge is 2.54. The second-order valence-electron chi connectivity index (χ2n) is 6.96. The molecule has 2 heterocycles. The minimum Gasteiger partial charge on any atom is -0.465 e. The first-order chi connectivity index (χ1) is 12.2. The lowest BCUT2D eigenvalue weighted by Crippen LogP contribution is -2.38. The minimum atomic E-state index is -0.565. The first-order valence-electron chi connectivity index (χ1n) is 9.86. The predicted molar refractivity (Wildman–Crippen MR) is 95.0 cm³/mol. The van der Waals surface area contributed by atoms with Gasteiger partial charge in [0.15, 0.2) is 0 Å². The summed E-state index contributed by atoms with van der Waals surface area (Å²) in [5.74, 6) is -1.80. The Morgan fingerprint density at radius 2 is 1.20 bits per heavy atom. The Bertz CT molecular complexity index is 419. The highest BCUT2D eigenvalue weighted by molar-refractivity contribution is 5.85. The van der Waals surface area contributed by atoms with Gasteiger partial charge in [0.25, 0.3) is 0 Å². The van der Waals surface area contributed by atoms with E-state index in [-0.39, 0.29) is 24.1 Å². The Hall–Kier alpha value is -1.36. The molecule has 5 nitrogen and oxygen atoms in total. The molecule has 0 aromatic heterocycles. The molecule has 1 fully saturated rings. The van der Waals surface area contributed by atoms with Crippen molar-refractivity contribution in [3.63, 3.8) is 0 Å². The van der Waals surface area contributed by atoms with Gasteiger partial charge in [0.2, 0.25) is 0 Å². The molecule has 0 saturated carbocycles. The lowest BCUT2D eigenvalue weighted by molar-refractivity contribution is -0.160. The van der Waals surface area contributed by atoms with Gasteiger partial charge < -0.3 is 14.2 Å². The average molecular weight is 352 g/mol. The van der Waals surface area contributed by atoms with Crippen molar-refractivity contribution in [1.82, 2.24) is 0 Å². The van der Waals surface area contributed by atoms with Crippen LogP contribution in [-0.2, 0) is 23.8 Å². The van der Waals surface area contributed by atoms with Crippen molar-refractivity contribution in [3.05, 3.63) is 12.2 Å². The second kappa shape index (κ2) is 10.6. The molecule has 25 heavy (non-hydrogen) atoms. The third-order valence-electron chi connectivity index (χ3n) is 4.93. The number of hydrogen-bond acceptors (Lipinski definition) is 5. The van der Waals surface area contributed by atoms with Crippen LogP contribution in [0.3, 0.4) is 0 Å². The minimum absolute atomic E-state index is 0.332. The second-order valence-corrected chi connectivity index (χ2v) is 6.96. The van der Waals surface area contributed by atoms with Gasteiger partial charge in [0.05, 0.1) is 25.4 Å². The number of fused-ring (bicyclic) bond motifs is 2. The SMILES string of the molecule is CCCCCCOC(=O)[C@@H]1C2C=CC(O2)[C@@H]1C(=O)OCCCCCC. The number of hydrogen-bond donors (Lipinski definition) is 0. The molecule has 2 bridgehead atoms. The fourth-order valence-corrected chi connectivity index (χ4v) is 3.47. The van der Waals surface area contributed by atoms with E-state index in [2.05, 4.69) is 13.8 Å². The molecular formula is C20H32O5. The van der Waals surface area contributed by atoms with Crippen LogP contribution in [0.4, 0.5) is 0 Å². The van der Waals surface area contributed by atoms with Crippen LogP contribution < -0.4 is 0 Å². The van der Waals surface area contributed by atoms with Gasteiger partial charge in [-0.25, -0.2) is 0 Å². The van der Waals surface area contributed by atoms with Gasteiger partial charge in [-0.3, -0.25) is 9.59 Å². The number of esters is 2. The van der Waals surface area contributed by atoms with E-state index in [1.165, 1.54) is 0 Å². The molecule has 0 amide bonds. The Morgan fingerprint density at radius 1 is 0.760 bits per heavy atom. The van der Waals surface area contributed by atoms with E-state index < -0.39 is 11.8 Å². The largest absolute Gasteiger partial charge is 0.465 e. The monoisotopic (exact) mass is 352 g/mol. The van der Waals surface area contributed by atoms with E-state index in [1.807, 2.05) is 12.2 Å². The standard InChI is InChI=1S/C20H32O5/c1-3-5-7-9-13-23-19(21)17-15-11-12-16(25-15)18(17)20(22)24-14-10-8-6-4-2/h11-12,15-18H,3-10,13-14H2,1-2H3/t15?,16?,17-,18+. The maximum Gasteiger partial charge on any atom is 0.312 e. The van der Waals surface area contributed by atoms with Crippen molar-refractivity contribution in [2.75, 3.05) is 13.2 Å². The summed E-state index contributed by atoms with van der Waals surface area (Å²) in [7, 11) is 0. The van der Waals surface area contributed by atoms with Crippen LogP contribution in [0.25, 0.3) is 0 Å². The number of rotatable bonds is 12. The maximum atomic E-state index is 12.5. The Morgan fingerprint density at radius 3 is 1.60 bits per heavy atom. The zero-order valence-corrected chi connectivity index (χ0v) is 15.6. The first kappa shape index (κ1) is 20.0. The summed E-state index contributed by atoms with van der Waals surface area (Å²) in [6.07, 6.45) is 11.4. The molecule has 4 atom stereocenters. The van der Waals surface area contributed by atoms with Crippen LogP contribution in [0.1, 0.15) is 65.2 Å². The van der Waals surface area contributed by atoms with Gasteiger partial charge in [-0.1, -0.05) is 64.5 Å². The van der Waals surface area contributed by atoms with E-state index in [4.69, 9.17) is 14.2 Å². The van der Waals surface area contributed by atoms with Gasteiger partial charge in [-0.15, -0.1) is 0 Å². The van der Waals surface area contributed by atoms with Crippen LogP contribution in [-0.4, -0.2) is 37.4 Å². The smallest absolute Gasteiger partial charge is 0.312 e. The van der Waals surface area contributed by atoms with Crippen molar-refractivity contribution < 1.29 is 23.8 Å².